The highest BCUT2D eigenvalue weighted by Gasteiger charge is 2.08. The summed E-state index contributed by atoms with van der Waals surface area (Å²) in [5.74, 6) is 0.132. The van der Waals surface area contributed by atoms with Crippen molar-refractivity contribution in [2.45, 2.75) is 0 Å². The van der Waals surface area contributed by atoms with Crippen LogP contribution in [0.15, 0.2) is 24.5 Å². The Bertz CT molecular complexity index is 424. The molecule has 0 aliphatic rings. The van der Waals surface area contributed by atoms with Gasteiger partial charge >= 0.3 is 0 Å². The van der Waals surface area contributed by atoms with E-state index in [2.05, 4.69) is 15.3 Å². The van der Waals surface area contributed by atoms with E-state index in [1.54, 1.807) is 36.3 Å². The molecule has 0 spiro atoms. The zero-order chi connectivity index (χ0) is 9.26. The van der Waals surface area contributed by atoms with Gasteiger partial charge in [-0.3, -0.25) is 4.98 Å². The van der Waals surface area contributed by atoms with Crippen LogP contribution in [0, 0.1) is 0 Å². The van der Waals surface area contributed by atoms with Crippen LogP contribution < -0.4 is 0 Å². The monoisotopic (exact) mass is 176 g/mol. The molecule has 0 aromatic carbocycles. The molecule has 0 aliphatic heterocycles. The van der Waals surface area contributed by atoms with Crippen LogP contribution in [-0.2, 0) is 7.05 Å². The maximum atomic E-state index is 9.48. The highest BCUT2D eigenvalue weighted by molar-refractivity contribution is 5.60. The average molecular weight is 176 g/mol. The fourth-order valence-corrected chi connectivity index (χ4v) is 1.10. The summed E-state index contributed by atoms with van der Waals surface area (Å²) in [6.07, 6.45) is 3.17. The van der Waals surface area contributed by atoms with Crippen LogP contribution in [0.25, 0.3) is 11.4 Å². The van der Waals surface area contributed by atoms with Gasteiger partial charge in [-0.15, -0.1) is 5.10 Å². The number of pyridine rings is 1. The molecule has 13 heavy (non-hydrogen) atoms. The quantitative estimate of drug-likeness (QED) is 0.690. The van der Waals surface area contributed by atoms with Gasteiger partial charge in [-0.2, -0.15) is 0 Å². The number of nitrogens with zero attached hydrogens (tertiary/aromatic N) is 4. The summed E-state index contributed by atoms with van der Waals surface area (Å²) in [7, 11) is 1.75. The van der Waals surface area contributed by atoms with Crippen molar-refractivity contribution >= 4 is 0 Å². The predicted molar refractivity (Wildman–Crippen MR) is 45.9 cm³/mol. The molecule has 0 fully saturated rings. The lowest BCUT2D eigenvalue weighted by Gasteiger charge is -2.00. The zero-order valence-electron chi connectivity index (χ0n) is 7.05. The highest BCUT2D eigenvalue weighted by atomic mass is 16.3. The van der Waals surface area contributed by atoms with E-state index in [-0.39, 0.29) is 5.75 Å². The van der Waals surface area contributed by atoms with Gasteiger partial charge in [0.05, 0.1) is 6.20 Å². The number of aromatic hydroxyl groups is 1. The molecule has 5 heteroatoms. The molecule has 0 amide bonds. The van der Waals surface area contributed by atoms with Crippen LogP contribution in [0.1, 0.15) is 0 Å². The summed E-state index contributed by atoms with van der Waals surface area (Å²) in [4.78, 5) is 4.03. The molecule has 0 atom stereocenters. The van der Waals surface area contributed by atoms with E-state index >= 15 is 0 Å². The van der Waals surface area contributed by atoms with Crippen molar-refractivity contribution in [3.63, 3.8) is 0 Å². The molecule has 0 radical (unpaired) electrons. The third-order valence-electron chi connectivity index (χ3n) is 1.74. The molecule has 1 N–H and O–H groups in total. The molecule has 2 rings (SSSR count). The SMILES string of the molecule is Cn1nncc1-c1ncccc1O. The summed E-state index contributed by atoms with van der Waals surface area (Å²) in [6.45, 7) is 0. The predicted octanol–water partition coefficient (Wildman–Crippen LogP) is 0.583. The van der Waals surface area contributed by atoms with Gasteiger partial charge < -0.3 is 5.11 Å². The summed E-state index contributed by atoms with van der Waals surface area (Å²) < 4.78 is 1.56. The Balaban J connectivity index is 2.59. The van der Waals surface area contributed by atoms with E-state index in [9.17, 15) is 5.11 Å². The van der Waals surface area contributed by atoms with E-state index in [0.29, 0.717) is 11.4 Å². The van der Waals surface area contributed by atoms with Crippen LogP contribution >= 0.6 is 0 Å². The van der Waals surface area contributed by atoms with Crippen LogP contribution in [0.3, 0.4) is 0 Å². The van der Waals surface area contributed by atoms with E-state index in [0.717, 1.165) is 0 Å². The lowest BCUT2D eigenvalue weighted by molar-refractivity contribution is 0.474. The number of hydrogen-bond acceptors (Lipinski definition) is 4. The molecule has 2 aromatic rings. The van der Waals surface area contributed by atoms with E-state index in [1.807, 2.05) is 0 Å². The van der Waals surface area contributed by atoms with Crippen molar-refractivity contribution in [1.82, 2.24) is 20.0 Å². The second kappa shape index (κ2) is 2.85. The standard InChI is InChI=1S/C8H8N4O/c1-12-6(5-10-11-12)8-7(13)3-2-4-9-8/h2-5,13H,1H3. The lowest BCUT2D eigenvalue weighted by atomic mass is 10.2. The van der Waals surface area contributed by atoms with Crippen molar-refractivity contribution in [2.75, 3.05) is 0 Å². The van der Waals surface area contributed by atoms with Gasteiger partial charge in [-0.25, -0.2) is 4.68 Å². The highest BCUT2D eigenvalue weighted by Crippen LogP contribution is 2.23. The molecule has 5 nitrogen and oxygen atoms in total. The smallest absolute Gasteiger partial charge is 0.143 e. The average Bonchev–Trinajstić information content (AvgIpc) is 2.52. The summed E-state index contributed by atoms with van der Waals surface area (Å²) in [6, 6.07) is 3.25. The van der Waals surface area contributed by atoms with Gasteiger partial charge in [0.25, 0.3) is 0 Å². The maximum Gasteiger partial charge on any atom is 0.143 e. The van der Waals surface area contributed by atoms with Crippen LogP contribution in [0.4, 0.5) is 0 Å². The largest absolute Gasteiger partial charge is 0.506 e. The van der Waals surface area contributed by atoms with Gasteiger partial charge in [0.2, 0.25) is 0 Å². The Morgan fingerprint density at radius 3 is 2.92 bits per heavy atom. The Labute approximate surface area is 74.7 Å². The zero-order valence-corrected chi connectivity index (χ0v) is 7.05. The molecule has 0 aliphatic carbocycles. The van der Waals surface area contributed by atoms with E-state index in [4.69, 9.17) is 0 Å². The van der Waals surface area contributed by atoms with Crippen LogP contribution in [0.2, 0.25) is 0 Å². The Hall–Kier alpha value is -1.91. The van der Waals surface area contributed by atoms with Gasteiger partial charge in [-0.05, 0) is 12.1 Å². The first kappa shape index (κ1) is 7.72. The van der Waals surface area contributed by atoms with Gasteiger partial charge in [0.1, 0.15) is 17.1 Å². The van der Waals surface area contributed by atoms with Crippen LogP contribution in [-0.4, -0.2) is 25.1 Å². The van der Waals surface area contributed by atoms with E-state index in [1.165, 1.54) is 0 Å². The van der Waals surface area contributed by atoms with Gasteiger partial charge in [0.15, 0.2) is 0 Å². The summed E-state index contributed by atoms with van der Waals surface area (Å²) in [5.41, 5.74) is 1.19. The van der Waals surface area contributed by atoms with Gasteiger partial charge in [0, 0.05) is 13.2 Å². The normalized spacial score (nSPS) is 10.2. The van der Waals surface area contributed by atoms with Crippen LogP contribution in [0.5, 0.6) is 5.75 Å². The third kappa shape index (κ3) is 1.24. The number of rotatable bonds is 1. The molecular weight excluding hydrogens is 168 g/mol. The van der Waals surface area contributed by atoms with Gasteiger partial charge in [-0.1, -0.05) is 5.21 Å². The minimum Gasteiger partial charge on any atom is -0.506 e. The molecule has 66 valence electrons. The first-order valence-electron chi connectivity index (χ1n) is 3.78. The first-order chi connectivity index (χ1) is 6.29. The van der Waals surface area contributed by atoms with Crippen molar-refractivity contribution < 1.29 is 5.11 Å². The van der Waals surface area contributed by atoms with E-state index < -0.39 is 0 Å². The third-order valence-corrected chi connectivity index (χ3v) is 1.74. The molecule has 0 unspecified atom stereocenters. The first-order valence-corrected chi connectivity index (χ1v) is 3.78. The molecule has 0 saturated heterocycles. The fraction of sp³-hybridized carbons (Fsp3) is 0.125. The number of aryl methyl sites for hydroxylation is 1. The number of aromatic nitrogens is 4. The van der Waals surface area contributed by atoms with Crippen molar-refractivity contribution in [1.29, 1.82) is 0 Å². The molecule has 0 saturated carbocycles. The van der Waals surface area contributed by atoms with Crippen molar-refractivity contribution in [3.8, 4) is 17.1 Å². The molecule has 2 aromatic heterocycles. The molecule has 0 bridgehead atoms. The second-order valence-corrected chi connectivity index (χ2v) is 2.61. The number of hydrogen-bond donors (Lipinski definition) is 1. The minimum atomic E-state index is 0.132. The summed E-state index contributed by atoms with van der Waals surface area (Å²) >= 11 is 0. The topological polar surface area (TPSA) is 63.8 Å². The Morgan fingerprint density at radius 2 is 2.31 bits per heavy atom. The molecular formula is C8H8N4O. The molecule has 2 heterocycles. The van der Waals surface area contributed by atoms with Crippen molar-refractivity contribution in [2.24, 2.45) is 7.05 Å². The second-order valence-electron chi connectivity index (χ2n) is 2.61. The Kier molecular flexibility index (Phi) is 1.70. The summed E-state index contributed by atoms with van der Waals surface area (Å²) in [5, 5.41) is 16.9. The lowest BCUT2D eigenvalue weighted by Crippen LogP contribution is -1.95. The maximum absolute atomic E-state index is 9.48. The minimum absolute atomic E-state index is 0.132. The van der Waals surface area contributed by atoms with Crippen molar-refractivity contribution in [3.05, 3.63) is 24.5 Å². The Morgan fingerprint density at radius 1 is 1.46 bits per heavy atom. The fourth-order valence-electron chi connectivity index (χ4n) is 1.10.